The van der Waals surface area contributed by atoms with Crippen LogP contribution in [-0.2, 0) is 6.42 Å². The maximum atomic E-state index is 9.20. The second-order valence-electron chi connectivity index (χ2n) is 5.54. The number of hydrogen-bond acceptors (Lipinski definition) is 3. The van der Waals surface area contributed by atoms with Gasteiger partial charge in [-0.1, -0.05) is 32.0 Å². The summed E-state index contributed by atoms with van der Waals surface area (Å²) in [5, 5.41) is 9.20. The van der Waals surface area contributed by atoms with E-state index in [1.54, 1.807) is 0 Å². The van der Waals surface area contributed by atoms with Crippen LogP contribution in [0.25, 0.3) is 0 Å². The highest BCUT2D eigenvalue weighted by Crippen LogP contribution is 2.26. The van der Waals surface area contributed by atoms with Crippen molar-refractivity contribution >= 4 is 5.69 Å². The lowest BCUT2D eigenvalue weighted by molar-refractivity contribution is 0.186. The van der Waals surface area contributed by atoms with Gasteiger partial charge in [-0.15, -0.1) is 0 Å². The number of anilines is 1. The Morgan fingerprint density at radius 3 is 2.40 bits per heavy atom. The van der Waals surface area contributed by atoms with Crippen molar-refractivity contribution in [1.29, 1.82) is 0 Å². The van der Waals surface area contributed by atoms with Gasteiger partial charge in [0.25, 0.3) is 0 Å². The van der Waals surface area contributed by atoms with Crippen molar-refractivity contribution in [2.75, 3.05) is 37.7 Å². The van der Waals surface area contributed by atoms with Crippen LogP contribution in [0.3, 0.4) is 0 Å². The van der Waals surface area contributed by atoms with Gasteiger partial charge in [0, 0.05) is 31.4 Å². The van der Waals surface area contributed by atoms with Crippen LogP contribution in [0.4, 0.5) is 5.69 Å². The van der Waals surface area contributed by atoms with Gasteiger partial charge in [0.05, 0.1) is 0 Å². The van der Waals surface area contributed by atoms with E-state index in [4.69, 9.17) is 0 Å². The predicted molar refractivity (Wildman–Crippen MR) is 85.4 cm³/mol. The molecule has 1 aromatic rings. The van der Waals surface area contributed by atoms with Crippen molar-refractivity contribution in [3.8, 4) is 0 Å². The van der Waals surface area contributed by atoms with Gasteiger partial charge in [0.1, 0.15) is 0 Å². The van der Waals surface area contributed by atoms with E-state index in [1.165, 1.54) is 24.1 Å². The number of piperidine rings is 1. The third-order valence-corrected chi connectivity index (χ3v) is 4.51. The molecule has 1 aliphatic heterocycles. The van der Waals surface area contributed by atoms with Crippen LogP contribution in [0.1, 0.15) is 32.3 Å². The SMILES string of the molecule is CCN(CC)C1CCN(c2ccccc2CCO)CC1. The lowest BCUT2D eigenvalue weighted by atomic mass is 10.0. The van der Waals surface area contributed by atoms with E-state index in [9.17, 15) is 5.11 Å². The standard InChI is InChI=1S/C17H28N2O/c1-3-18(4-2)16-9-12-19(13-10-16)17-8-6-5-7-15(17)11-14-20/h5-8,16,20H,3-4,9-14H2,1-2H3. The summed E-state index contributed by atoms with van der Waals surface area (Å²) in [5.41, 5.74) is 2.59. The van der Waals surface area contributed by atoms with E-state index >= 15 is 0 Å². The zero-order chi connectivity index (χ0) is 14.4. The molecule has 0 radical (unpaired) electrons. The van der Waals surface area contributed by atoms with E-state index in [2.05, 4.69) is 47.9 Å². The monoisotopic (exact) mass is 276 g/mol. The molecule has 0 saturated carbocycles. The Balaban J connectivity index is 2.00. The van der Waals surface area contributed by atoms with E-state index in [1.807, 2.05) is 0 Å². The fraction of sp³-hybridized carbons (Fsp3) is 0.647. The molecule has 2 rings (SSSR count). The van der Waals surface area contributed by atoms with Crippen LogP contribution in [0.15, 0.2) is 24.3 Å². The Hall–Kier alpha value is -1.06. The van der Waals surface area contributed by atoms with E-state index < -0.39 is 0 Å². The second kappa shape index (κ2) is 7.65. The van der Waals surface area contributed by atoms with E-state index in [-0.39, 0.29) is 6.61 Å². The summed E-state index contributed by atoms with van der Waals surface area (Å²) >= 11 is 0. The molecule has 0 amide bonds. The summed E-state index contributed by atoms with van der Waals surface area (Å²) < 4.78 is 0. The molecule has 3 nitrogen and oxygen atoms in total. The Morgan fingerprint density at radius 2 is 1.80 bits per heavy atom. The molecule has 1 N–H and O–H groups in total. The van der Waals surface area contributed by atoms with Crippen molar-refractivity contribution in [1.82, 2.24) is 4.90 Å². The summed E-state index contributed by atoms with van der Waals surface area (Å²) in [5.74, 6) is 0. The number of rotatable bonds is 6. The van der Waals surface area contributed by atoms with Crippen molar-refractivity contribution < 1.29 is 5.11 Å². The van der Waals surface area contributed by atoms with Crippen molar-refractivity contribution in [3.63, 3.8) is 0 Å². The first-order valence-corrected chi connectivity index (χ1v) is 7.97. The number of aliphatic hydroxyl groups is 1. The quantitative estimate of drug-likeness (QED) is 0.865. The molecule has 1 saturated heterocycles. The highest BCUT2D eigenvalue weighted by atomic mass is 16.2. The Labute approximate surface area is 123 Å². The molecule has 0 atom stereocenters. The van der Waals surface area contributed by atoms with E-state index in [0.29, 0.717) is 0 Å². The molecular formula is C17H28N2O. The smallest absolute Gasteiger partial charge is 0.0472 e. The lowest BCUT2D eigenvalue weighted by Gasteiger charge is -2.39. The molecule has 1 heterocycles. The molecule has 1 aromatic carbocycles. The van der Waals surface area contributed by atoms with Crippen LogP contribution in [0, 0.1) is 0 Å². The van der Waals surface area contributed by atoms with E-state index in [0.717, 1.165) is 38.6 Å². The fourth-order valence-corrected chi connectivity index (χ4v) is 3.36. The molecule has 0 spiro atoms. The molecule has 0 aromatic heterocycles. The van der Waals surface area contributed by atoms with Gasteiger partial charge in [-0.05, 0) is 44.0 Å². The molecule has 0 aliphatic carbocycles. The average molecular weight is 276 g/mol. The average Bonchev–Trinajstić information content (AvgIpc) is 2.50. The molecule has 112 valence electrons. The number of nitrogens with zero attached hydrogens (tertiary/aromatic N) is 2. The van der Waals surface area contributed by atoms with Crippen LogP contribution < -0.4 is 4.90 Å². The van der Waals surface area contributed by atoms with Gasteiger partial charge in [-0.25, -0.2) is 0 Å². The first-order chi connectivity index (χ1) is 9.80. The summed E-state index contributed by atoms with van der Waals surface area (Å²) in [6.07, 6.45) is 3.25. The van der Waals surface area contributed by atoms with Gasteiger partial charge in [0.15, 0.2) is 0 Å². The number of para-hydroxylation sites is 1. The molecular weight excluding hydrogens is 248 g/mol. The Kier molecular flexibility index (Phi) is 5.86. The van der Waals surface area contributed by atoms with Crippen LogP contribution in [-0.4, -0.2) is 48.8 Å². The van der Waals surface area contributed by atoms with Crippen molar-refractivity contribution in [2.45, 2.75) is 39.2 Å². The molecule has 0 unspecified atom stereocenters. The maximum absolute atomic E-state index is 9.20. The Bertz CT molecular complexity index is 396. The third-order valence-electron chi connectivity index (χ3n) is 4.51. The minimum absolute atomic E-state index is 0.229. The first-order valence-electron chi connectivity index (χ1n) is 7.97. The van der Waals surface area contributed by atoms with Crippen molar-refractivity contribution in [2.24, 2.45) is 0 Å². The zero-order valence-electron chi connectivity index (χ0n) is 12.9. The van der Waals surface area contributed by atoms with Gasteiger partial charge in [-0.2, -0.15) is 0 Å². The second-order valence-corrected chi connectivity index (χ2v) is 5.54. The molecule has 1 fully saturated rings. The highest BCUT2D eigenvalue weighted by molar-refractivity contribution is 5.54. The molecule has 3 heteroatoms. The molecule has 20 heavy (non-hydrogen) atoms. The van der Waals surface area contributed by atoms with Gasteiger partial charge >= 0.3 is 0 Å². The lowest BCUT2D eigenvalue weighted by Crippen LogP contribution is -2.45. The van der Waals surface area contributed by atoms with Gasteiger partial charge in [-0.3, -0.25) is 0 Å². The Morgan fingerprint density at radius 1 is 1.15 bits per heavy atom. The predicted octanol–water partition coefficient (Wildman–Crippen LogP) is 2.53. The number of hydrogen-bond donors (Lipinski definition) is 1. The summed E-state index contributed by atoms with van der Waals surface area (Å²) in [7, 11) is 0. The van der Waals surface area contributed by atoms with Crippen LogP contribution >= 0.6 is 0 Å². The number of aliphatic hydroxyl groups excluding tert-OH is 1. The minimum Gasteiger partial charge on any atom is -0.396 e. The normalized spacial score (nSPS) is 16.9. The summed E-state index contributed by atoms with van der Waals surface area (Å²) in [6.45, 7) is 9.31. The van der Waals surface area contributed by atoms with Crippen LogP contribution in [0.2, 0.25) is 0 Å². The topological polar surface area (TPSA) is 26.7 Å². The fourth-order valence-electron chi connectivity index (χ4n) is 3.36. The zero-order valence-corrected chi connectivity index (χ0v) is 12.9. The maximum Gasteiger partial charge on any atom is 0.0472 e. The van der Waals surface area contributed by atoms with Gasteiger partial charge < -0.3 is 14.9 Å². The van der Waals surface area contributed by atoms with Gasteiger partial charge in [0.2, 0.25) is 0 Å². The highest BCUT2D eigenvalue weighted by Gasteiger charge is 2.23. The third kappa shape index (κ3) is 3.53. The summed E-state index contributed by atoms with van der Waals surface area (Å²) in [4.78, 5) is 5.07. The number of benzene rings is 1. The minimum atomic E-state index is 0.229. The molecule has 0 bridgehead atoms. The first kappa shape index (κ1) is 15.3. The van der Waals surface area contributed by atoms with Crippen molar-refractivity contribution in [3.05, 3.63) is 29.8 Å². The van der Waals surface area contributed by atoms with Crippen LogP contribution in [0.5, 0.6) is 0 Å². The molecule has 1 aliphatic rings. The largest absolute Gasteiger partial charge is 0.396 e. The summed E-state index contributed by atoms with van der Waals surface area (Å²) in [6, 6.07) is 9.25.